The number of allylic oxidation sites excluding steroid dienone is 1. The summed E-state index contributed by atoms with van der Waals surface area (Å²) in [6.07, 6.45) is 0.480. The molecule has 6 nitrogen and oxygen atoms in total. The van der Waals surface area contributed by atoms with Crippen LogP contribution in [-0.4, -0.2) is 37.2 Å². The van der Waals surface area contributed by atoms with Gasteiger partial charge in [0, 0.05) is 22.3 Å². The second-order valence-corrected chi connectivity index (χ2v) is 7.85. The number of ether oxygens (including phenoxy) is 2. The Morgan fingerprint density at radius 1 is 1.21 bits per heavy atom. The van der Waals surface area contributed by atoms with Crippen LogP contribution in [0.15, 0.2) is 40.5 Å². The first-order valence-electron chi connectivity index (χ1n) is 9.62. The van der Waals surface area contributed by atoms with Crippen molar-refractivity contribution in [2.45, 2.75) is 33.1 Å². The number of hydrogen-bond donors (Lipinski definition) is 0. The lowest BCUT2D eigenvalue weighted by atomic mass is 9.64. The third-order valence-electron chi connectivity index (χ3n) is 5.60. The van der Waals surface area contributed by atoms with Crippen molar-refractivity contribution in [2.24, 2.45) is 22.7 Å². The molecule has 1 aliphatic carbocycles. The number of methoxy groups -OCH3 is 1. The van der Waals surface area contributed by atoms with Crippen molar-refractivity contribution in [3.63, 3.8) is 0 Å². The van der Waals surface area contributed by atoms with Gasteiger partial charge in [-0.25, -0.2) is 4.79 Å². The van der Waals surface area contributed by atoms with Gasteiger partial charge in [-0.05, 0) is 43.9 Å². The highest BCUT2D eigenvalue weighted by Crippen LogP contribution is 2.45. The number of halogens is 1. The van der Waals surface area contributed by atoms with E-state index >= 15 is 0 Å². The summed E-state index contributed by atoms with van der Waals surface area (Å²) in [5, 5.41) is 0.549. The average molecular weight is 418 g/mol. The van der Waals surface area contributed by atoms with Gasteiger partial charge >= 0.3 is 11.9 Å². The van der Waals surface area contributed by atoms with Crippen LogP contribution < -0.4 is 0 Å². The Morgan fingerprint density at radius 2 is 1.86 bits per heavy atom. The Kier molecular flexibility index (Phi) is 6.22. The van der Waals surface area contributed by atoms with E-state index in [1.54, 1.807) is 38.1 Å². The largest absolute Gasteiger partial charge is 0.468 e. The second kappa shape index (κ2) is 8.49. The zero-order chi connectivity index (χ0) is 21.3. The molecule has 1 heterocycles. The van der Waals surface area contributed by atoms with E-state index in [0.29, 0.717) is 28.4 Å². The average Bonchev–Trinajstić information content (AvgIpc) is 2.67. The fraction of sp³-hybridized carbons (Fsp3) is 0.455. The lowest BCUT2D eigenvalue weighted by Crippen LogP contribution is -2.48. The van der Waals surface area contributed by atoms with Gasteiger partial charge in [-0.15, -0.1) is 0 Å². The molecule has 0 spiro atoms. The molecule has 0 radical (unpaired) electrons. The molecule has 0 aromatic heterocycles. The number of benzene rings is 1. The molecule has 0 amide bonds. The molecule has 2 aliphatic rings. The smallest absolute Gasteiger partial charge is 0.336 e. The minimum absolute atomic E-state index is 0.208. The lowest BCUT2D eigenvalue weighted by Gasteiger charge is -2.40. The first-order chi connectivity index (χ1) is 13.8. The molecule has 1 aliphatic heterocycles. The highest BCUT2D eigenvalue weighted by Gasteiger charge is 2.51. The molecule has 1 aromatic rings. The van der Waals surface area contributed by atoms with Crippen LogP contribution in [0.4, 0.5) is 0 Å². The molecule has 4 atom stereocenters. The Labute approximate surface area is 174 Å². The van der Waals surface area contributed by atoms with Crippen molar-refractivity contribution >= 4 is 35.0 Å². The third kappa shape index (κ3) is 3.86. The minimum atomic E-state index is -0.888. The molecule has 154 valence electrons. The molecule has 0 saturated heterocycles. The van der Waals surface area contributed by atoms with E-state index in [9.17, 15) is 14.4 Å². The number of nitrogens with zero attached hydrogens (tertiary/aromatic N) is 1. The summed E-state index contributed by atoms with van der Waals surface area (Å²) >= 11 is 6.04. The number of aliphatic imine (C=N–C) groups is 1. The zero-order valence-corrected chi connectivity index (χ0v) is 17.7. The summed E-state index contributed by atoms with van der Waals surface area (Å²) in [4.78, 5) is 43.2. The van der Waals surface area contributed by atoms with Gasteiger partial charge in [0.1, 0.15) is 5.92 Å². The van der Waals surface area contributed by atoms with Gasteiger partial charge in [0.2, 0.25) is 0 Å². The number of carbonyl (C=O) groups is 3. The normalized spacial score (nSPS) is 26.5. The van der Waals surface area contributed by atoms with Crippen molar-refractivity contribution in [2.75, 3.05) is 13.7 Å². The van der Waals surface area contributed by atoms with Crippen LogP contribution >= 0.6 is 11.6 Å². The monoisotopic (exact) mass is 417 g/mol. The summed E-state index contributed by atoms with van der Waals surface area (Å²) in [7, 11) is 1.28. The Bertz CT molecular complexity index is 902. The van der Waals surface area contributed by atoms with Crippen molar-refractivity contribution in [1.29, 1.82) is 0 Å². The van der Waals surface area contributed by atoms with Crippen LogP contribution in [0, 0.1) is 17.8 Å². The number of carbonyl (C=O) groups excluding carboxylic acids is 3. The summed E-state index contributed by atoms with van der Waals surface area (Å²) in [6.45, 7) is 5.53. The SMILES string of the molecule is CCOC(=O)C1=C(C)N=C2C[C@@H](C)[C@H](C(=O)OC)C(=O)[C@@H]2[C@H]1c1ccc(Cl)cc1. The van der Waals surface area contributed by atoms with Gasteiger partial charge < -0.3 is 9.47 Å². The van der Waals surface area contributed by atoms with Gasteiger partial charge in [0.25, 0.3) is 0 Å². The molecular formula is C22H24ClNO5. The summed E-state index contributed by atoms with van der Waals surface area (Å²) in [5.74, 6) is -3.77. The first kappa shape index (κ1) is 21.2. The van der Waals surface area contributed by atoms with Crippen LogP contribution in [0.1, 0.15) is 38.7 Å². The number of esters is 2. The van der Waals surface area contributed by atoms with E-state index in [0.717, 1.165) is 5.56 Å². The molecule has 0 unspecified atom stereocenters. The summed E-state index contributed by atoms with van der Waals surface area (Å²) in [5.41, 5.74) is 2.31. The maximum atomic E-state index is 13.5. The molecule has 1 fully saturated rings. The van der Waals surface area contributed by atoms with Crippen molar-refractivity contribution < 1.29 is 23.9 Å². The van der Waals surface area contributed by atoms with E-state index in [-0.39, 0.29) is 18.3 Å². The van der Waals surface area contributed by atoms with Gasteiger partial charge in [0.15, 0.2) is 5.78 Å². The molecule has 1 aromatic carbocycles. The van der Waals surface area contributed by atoms with Crippen molar-refractivity contribution in [3.05, 3.63) is 46.1 Å². The number of fused-ring (bicyclic) bond motifs is 1. The molecule has 7 heteroatoms. The summed E-state index contributed by atoms with van der Waals surface area (Å²) < 4.78 is 10.1. The topological polar surface area (TPSA) is 82.0 Å². The van der Waals surface area contributed by atoms with E-state index in [2.05, 4.69) is 4.99 Å². The van der Waals surface area contributed by atoms with Crippen LogP contribution in [0.5, 0.6) is 0 Å². The Morgan fingerprint density at radius 3 is 2.45 bits per heavy atom. The highest BCUT2D eigenvalue weighted by molar-refractivity contribution is 6.30. The predicted octanol–water partition coefficient (Wildman–Crippen LogP) is 3.73. The van der Waals surface area contributed by atoms with Gasteiger partial charge in [-0.2, -0.15) is 0 Å². The van der Waals surface area contributed by atoms with Gasteiger partial charge in [-0.3, -0.25) is 14.6 Å². The number of ketones is 1. The van der Waals surface area contributed by atoms with Gasteiger partial charge in [-0.1, -0.05) is 30.7 Å². The fourth-order valence-electron chi connectivity index (χ4n) is 4.34. The molecule has 0 N–H and O–H groups in total. The van der Waals surface area contributed by atoms with Crippen LogP contribution in [0.25, 0.3) is 0 Å². The summed E-state index contributed by atoms with van der Waals surface area (Å²) in [6, 6.07) is 7.02. The maximum Gasteiger partial charge on any atom is 0.336 e. The molecule has 0 bridgehead atoms. The Balaban J connectivity index is 2.17. The van der Waals surface area contributed by atoms with Crippen LogP contribution in [0.2, 0.25) is 5.02 Å². The zero-order valence-electron chi connectivity index (χ0n) is 16.9. The third-order valence-corrected chi connectivity index (χ3v) is 5.85. The van der Waals surface area contributed by atoms with Crippen LogP contribution in [-0.2, 0) is 23.9 Å². The van der Waals surface area contributed by atoms with Crippen LogP contribution in [0.3, 0.4) is 0 Å². The van der Waals surface area contributed by atoms with Crippen molar-refractivity contribution in [1.82, 2.24) is 0 Å². The first-order valence-corrected chi connectivity index (χ1v) is 10.00. The van der Waals surface area contributed by atoms with E-state index in [1.807, 2.05) is 6.92 Å². The molecule has 29 heavy (non-hydrogen) atoms. The number of hydrogen-bond acceptors (Lipinski definition) is 6. The maximum absolute atomic E-state index is 13.5. The minimum Gasteiger partial charge on any atom is -0.468 e. The van der Waals surface area contributed by atoms with Crippen molar-refractivity contribution in [3.8, 4) is 0 Å². The predicted molar refractivity (Wildman–Crippen MR) is 109 cm³/mol. The Hall–Kier alpha value is -2.47. The second-order valence-electron chi connectivity index (χ2n) is 7.41. The quantitative estimate of drug-likeness (QED) is 0.550. The molecular weight excluding hydrogens is 394 g/mol. The van der Waals surface area contributed by atoms with E-state index < -0.39 is 29.7 Å². The molecule has 1 saturated carbocycles. The number of Topliss-reactive ketones (excluding diaryl/α,β-unsaturated/α-hetero) is 1. The standard InChI is InChI=1S/C22H24ClNO5/c1-5-29-22(27)17-12(3)24-15-10-11(2)16(21(26)28-4)20(25)19(15)18(17)13-6-8-14(23)9-7-13/h6-9,11,16,18-19H,5,10H2,1-4H3/t11-,16+,18+,19+/m1/s1. The molecule has 3 rings (SSSR count). The lowest BCUT2D eigenvalue weighted by molar-refractivity contribution is -0.152. The van der Waals surface area contributed by atoms with Gasteiger partial charge in [0.05, 0.1) is 25.2 Å². The highest BCUT2D eigenvalue weighted by atomic mass is 35.5. The van der Waals surface area contributed by atoms with E-state index in [1.165, 1.54) is 7.11 Å². The van der Waals surface area contributed by atoms with E-state index in [4.69, 9.17) is 21.1 Å². The fourth-order valence-corrected chi connectivity index (χ4v) is 4.47. The number of rotatable bonds is 4.